The molecule has 11 rings (SSSR count). The lowest BCUT2D eigenvalue weighted by Gasteiger charge is -2.25. The zero-order valence-corrected chi connectivity index (χ0v) is 31.7. The molecular weight excluding hydrogens is 649 g/mol. The third kappa shape index (κ3) is 4.37. The van der Waals surface area contributed by atoms with E-state index in [9.17, 15) is 0 Å². The summed E-state index contributed by atoms with van der Waals surface area (Å²) < 4.78 is 0. The van der Waals surface area contributed by atoms with Crippen LogP contribution >= 0.6 is 0 Å². The van der Waals surface area contributed by atoms with Gasteiger partial charge in [-0.1, -0.05) is 155 Å². The lowest BCUT2D eigenvalue weighted by atomic mass is 9.79. The van der Waals surface area contributed by atoms with E-state index in [-0.39, 0.29) is 10.8 Å². The van der Waals surface area contributed by atoms with Crippen LogP contribution in [0.5, 0.6) is 0 Å². The van der Waals surface area contributed by atoms with E-state index < -0.39 is 0 Å². The highest BCUT2D eigenvalue weighted by Crippen LogP contribution is 2.53. The lowest BCUT2D eigenvalue weighted by molar-refractivity contribution is 0.660. The van der Waals surface area contributed by atoms with Crippen LogP contribution in [0.15, 0.2) is 146 Å². The van der Waals surface area contributed by atoms with Gasteiger partial charge in [-0.3, -0.25) is 0 Å². The second-order valence-electron chi connectivity index (χ2n) is 17.1. The van der Waals surface area contributed by atoms with E-state index in [1.54, 1.807) is 5.56 Å². The second-order valence-corrected chi connectivity index (χ2v) is 17.1. The molecule has 0 bridgehead atoms. The maximum atomic E-state index is 2.52. The molecule has 0 N–H and O–H groups in total. The number of aryl methyl sites for hydroxylation is 1. The van der Waals surface area contributed by atoms with Crippen LogP contribution in [0, 0.1) is 0 Å². The molecule has 0 aliphatic heterocycles. The van der Waals surface area contributed by atoms with Crippen LogP contribution in [0.4, 0.5) is 0 Å². The van der Waals surface area contributed by atoms with Crippen molar-refractivity contribution in [1.29, 1.82) is 0 Å². The summed E-state index contributed by atoms with van der Waals surface area (Å²) in [5.41, 5.74) is 22.0. The third-order valence-corrected chi connectivity index (χ3v) is 13.5. The molecule has 8 aromatic carbocycles. The minimum Gasteiger partial charge on any atom is -0.0619 e. The summed E-state index contributed by atoms with van der Waals surface area (Å²) in [6.07, 6.45) is 4.86. The van der Waals surface area contributed by atoms with Crippen molar-refractivity contribution in [2.45, 2.75) is 64.2 Å². The maximum Gasteiger partial charge on any atom is 0.0159 e. The monoisotopic (exact) mass is 692 g/mol. The van der Waals surface area contributed by atoms with Crippen LogP contribution < -0.4 is 0 Å². The summed E-state index contributed by atoms with van der Waals surface area (Å²) in [5, 5.41) is 5.32. The van der Waals surface area contributed by atoms with E-state index in [1.165, 1.54) is 124 Å². The van der Waals surface area contributed by atoms with Crippen molar-refractivity contribution in [2.24, 2.45) is 0 Å². The summed E-state index contributed by atoms with van der Waals surface area (Å²) in [7, 11) is 0. The number of hydrogen-bond donors (Lipinski definition) is 0. The van der Waals surface area contributed by atoms with Gasteiger partial charge in [0, 0.05) is 10.8 Å². The second kappa shape index (κ2) is 11.4. The molecular formula is C54H44. The Labute approximate surface area is 319 Å². The molecule has 0 fully saturated rings. The number of fused-ring (bicyclic) bond motifs is 9. The first-order valence-electron chi connectivity index (χ1n) is 19.9. The SMILES string of the molecule is CC1(C)c2ccccc2-c2ccc(-c3ccc4c(-c5cccc6c5CCCC6)c5ccccc5c(-c5ccc6c(c5)C(C)(C)c5ccccc5-6)c4c3)cc21. The molecule has 0 amide bonds. The van der Waals surface area contributed by atoms with Crippen molar-refractivity contribution in [3.63, 3.8) is 0 Å². The van der Waals surface area contributed by atoms with E-state index in [4.69, 9.17) is 0 Å². The topological polar surface area (TPSA) is 0 Å². The summed E-state index contributed by atoms with van der Waals surface area (Å²) in [6, 6.07) is 56.1. The Balaban J connectivity index is 1.20. The van der Waals surface area contributed by atoms with Gasteiger partial charge >= 0.3 is 0 Å². The first-order valence-corrected chi connectivity index (χ1v) is 19.9. The normalized spacial score (nSPS) is 15.8. The summed E-state index contributed by atoms with van der Waals surface area (Å²) in [5.74, 6) is 0. The molecule has 3 aliphatic rings. The predicted molar refractivity (Wildman–Crippen MR) is 230 cm³/mol. The molecule has 0 heterocycles. The molecule has 0 unspecified atom stereocenters. The first kappa shape index (κ1) is 31.8. The highest BCUT2D eigenvalue weighted by atomic mass is 14.4. The molecule has 0 spiro atoms. The molecule has 8 aromatic rings. The quantitative estimate of drug-likeness (QED) is 0.162. The zero-order chi connectivity index (χ0) is 36.3. The summed E-state index contributed by atoms with van der Waals surface area (Å²) in [6.45, 7) is 9.55. The fraction of sp³-hybridized carbons (Fsp3) is 0.185. The van der Waals surface area contributed by atoms with E-state index in [2.05, 4.69) is 173 Å². The minimum absolute atomic E-state index is 0.0471. The Morgan fingerprint density at radius 2 is 0.852 bits per heavy atom. The molecule has 0 radical (unpaired) electrons. The predicted octanol–water partition coefficient (Wildman–Crippen LogP) is 14.5. The van der Waals surface area contributed by atoms with Gasteiger partial charge in [0.1, 0.15) is 0 Å². The summed E-state index contributed by atoms with van der Waals surface area (Å²) >= 11 is 0. The minimum atomic E-state index is -0.0729. The first-order chi connectivity index (χ1) is 26.3. The number of rotatable bonds is 3. The Bertz CT molecular complexity index is 2880. The molecule has 0 nitrogen and oxygen atoms in total. The van der Waals surface area contributed by atoms with Gasteiger partial charge in [0.15, 0.2) is 0 Å². The molecule has 0 heteroatoms. The Kier molecular flexibility index (Phi) is 6.70. The average molecular weight is 693 g/mol. The van der Waals surface area contributed by atoms with Crippen molar-refractivity contribution in [3.8, 4) is 55.6 Å². The van der Waals surface area contributed by atoms with Gasteiger partial charge in [0.25, 0.3) is 0 Å². The van der Waals surface area contributed by atoms with Crippen LogP contribution in [0.2, 0.25) is 0 Å². The standard InChI is InChI=1S/C54H44/c1-53(2)47-22-11-9-17-38(47)40-27-24-35(31-49(40)53)34-25-29-45-46(30-34)51(36-26-28-41-39-18-10-12-23-48(39)54(3,4)50(41)32-36)43-19-7-8-20-44(43)52(45)42-21-13-15-33-14-5-6-16-37(33)42/h7-13,15,17-32H,5-6,14,16H2,1-4H3. The van der Waals surface area contributed by atoms with Crippen molar-refractivity contribution in [1.82, 2.24) is 0 Å². The van der Waals surface area contributed by atoms with Crippen molar-refractivity contribution in [3.05, 3.63) is 179 Å². The fourth-order valence-corrected chi connectivity index (χ4v) is 10.7. The molecule has 3 aliphatic carbocycles. The molecule has 0 aromatic heterocycles. The number of hydrogen-bond acceptors (Lipinski definition) is 0. The van der Waals surface area contributed by atoms with Gasteiger partial charge in [-0.2, -0.15) is 0 Å². The maximum absolute atomic E-state index is 2.52. The third-order valence-electron chi connectivity index (χ3n) is 13.5. The average Bonchev–Trinajstić information content (AvgIpc) is 3.58. The van der Waals surface area contributed by atoms with Gasteiger partial charge in [-0.15, -0.1) is 0 Å². The van der Waals surface area contributed by atoms with Crippen molar-refractivity contribution < 1.29 is 0 Å². The van der Waals surface area contributed by atoms with E-state index in [0.717, 1.165) is 6.42 Å². The zero-order valence-electron chi connectivity index (χ0n) is 31.7. The van der Waals surface area contributed by atoms with E-state index in [1.807, 2.05) is 0 Å². The van der Waals surface area contributed by atoms with Crippen molar-refractivity contribution in [2.75, 3.05) is 0 Å². The van der Waals surface area contributed by atoms with Crippen LogP contribution in [0.3, 0.4) is 0 Å². The molecule has 0 saturated carbocycles. The van der Waals surface area contributed by atoms with Crippen molar-refractivity contribution >= 4 is 21.5 Å². The Morgan fingerprint density at radius 3 is 1.56 bits per heavy atom. The van der Waals surface area contributed by atoms with Gasteiger partial charge < -0.3 is 0 Å². The lowest BCUT2D eigenvalue weighted by Crippen LogP contribution is -2.15. The smallest absolute Gasteiger partial charge is 0.0159 e. The van der Waals surface area contributed by atoms with Crippen LogP contribution in [-0.4, -0.2) is 0 Å². The Morgan fingerprint density at radius 1 is 0.352 bits per heavy atom. The van der Waals surface area contributed by atoms with Gasteiger partial charge in [0.2, 0.25) is 0 Å². The summed E-state index contributed by atoms with van der Waals surface area (Å²) in [4.78, 5) is 0. The molecule has 260 valence electrons. The van der Waals surface area contributed by atoms with E-state index in [0.29, 0.717) is 0 Å². The number of benzene rings is 8. The largest absolute Gasteiger partial charge is 0.0619 e. The molecule has 0 saturated heterocycles. The van der Waals surface area contributed by atoms with Crippen LogP contribution in [0.25, 0.3) is 77.2 Å². The van der Waals surface area contributed by atoms with Crippen LogP contribution in [-0.2, 0) is 23.7 Å². The Hall–Kier alpha value is -5.72. The van der Waals surface area contributed by atoms with Gasteiger partial charge in [-0.25, -0.2) is 0 Å². The fourth-order valence-electron chi connectivity index (χ4n) is 10.7. The molecule has 0 atom stereocenters. The van der Waals surface area contributed by atoms with Gasteiger partial charge in [-0.05, 0) is 154 Å². The molecule has 54 heavy (non-hydrogen) atoms. The van der Waals surface area contributed by atoms with Crippen LogP contribution in [0.1, 0.15) is 73.9 Å². The van der Waals surface area contributed by atoms with E-state index >= 15 is 0 Å². The highest BCUT2D eigenvalue weighted by Gasteiger charge is 2.37. The van der Waals surface area contributed by atoms with Gasteiger partial charge in [0.05, 0.1) is 0 Å². The highest BCUT2D eigenvalue weighted by molar-refractivity contribution is 6.22.